The molecule has 110 valence electrons. The Bertz CT molecular complexity index is 392. The SMILES string of the molecule is CC1(C)CC2CC(C)(CN2C(=O)C2(N)CCC2)C1.Cl. The van der Waals surface area contributed by atoms with Crippen LogP contribution in [0.3, 0.4) is 0 Å². The molecule has 19 heavy (non-hydrogen) atoms. The first-order valence-corrected chi connectivity index (χ1v) is 7.33. The highest BCUT2D eigenvalue weighted by molar-refractivity contribution is 5.87. The standard InChI is InChI=1S/C15H26N2O.ClH/c1-13(2)7-11-8-14(3,9-13)10-17(11)12(18)15(16)5-4-6-15;/h11H,4-10,16H2,1-3H3;1H. The summed E-state index contributed by atoms with van der Waals surface area (Å²) in [6, 6.07) is 0.437. The molecule has 3 aliphatic rings. The van der Waals surface area contributed by atoms with Gasteiger partial charge in [-0.25, -0.2) is 0 Å². The molecule has 2 aliphatic carbocycles. The van der Waals surface area contributed by atoms with Gasteiger partial charge in [0.25, 0.3) is 0 Å². The van der Waals surface area contributed by atoms with Crippen molar-refractivity contribution in [2.75, 3.05) is 6.54 Å². The zero-order valence-electron chi connectivity index (χ0n) is 12.4. The molecule has 2 saturated carbocycles. The molecule has 0 aromatic rings. The Kier molecular flexibility index (Phi) is 3.47. The highest BCUT2D eigenvalue weighted by atomic mass is 35.5. The predicted octanol–water partition coefficient (Wildman–Crippen LogP) is 2.72. The van der Waals surface area contributed by atoms with E-state index in [4.69, 9.17) is 5.73 Å². The van der Waals surface area contributed by atoms with Gasteiger partial charge in [0.15, 0.2) is 0 Å². The quantitative estimate of drug-likeness (QED) is 0.806. The smallest absolute Gasteiger partial charge is 0.242 e. The highest BCUT2D eigenvalue weighted by Crippen LogP contribution is 2.53. The first-order valence-electron chi connectivity index (χ1n) is 7.33. The Balaban J connectivity index is 0.00000133. The molecule has 0 aromatic carbocycles. The van der Waals surface area contributed by atoms with Crippen LogP contribution in [-0.4, -0.2) is 28.9 Å². The lowest BCUT2D eigenvalue weighted by atomic mass is 9.65. The van der Waals surface area contributed by atoms with Crippen LogP contribution in [0, 0.1) is 10.8 Å². The van der Waals surface area contributed by atoms with Crippen LogP contribution in [0.2, 0.25) is 0 Å². The van der Waals surface area contributed by atoms with Crippen molar-refractivity contribution >= 4 is 18.3 Å². The molecular weight excluding hydrogens is 260 g/mol. The Labute approximate surface area is 122 Å². The lowest BCUT2D eigenvalue weighted by molar-refractivity contribution is -0.141. The molecule has 1 aliphatic heterocycles. The monoisotopic (exact) mass is 286 g/mol. The summed E-state index contributed by atoms with van der Waals surface area (Å²) in [6.45, 7) is 7.96. The number of rotatable bonds is 1. The van der Waals surface area contributed by atoms with Gasteiger partial charge in [-0.05, 0) is 49.4 Å². The van der Waals surface area contributed by atoms with E-state index in [1.165, 1.54) is 12.8 Å². The predicted molar refractivity (Wildman–Crippen MR) is 79.3 cm³/mol. The molecule has 3 rings (SSSR count). The Morgan fingerprint density at radius 2 is 1.84 bits per heavy atom. The summed E-state index contributed by atoms with van der Waals surface area (Å²) in [5, 5.41) is 0. The Morgan fingerprint density at radius 1 is 1.21 bits per heavy atom. The van der Waals surface area contributed by atoms with Crippen molar-refractivity contribution in [2.45, 2.75) is 70.9 Å². The molecule has 1 heterocycles. The van der Waals surface area contributed by atoms with Crippen LogP contribution in [-0.2, 0) is 4.79 Å². The van der Waals surface area contributed by atoms with Gasteiger partial charge in [-0.2, -0.15) is 0 Å². The minimum absolute atomic E-state index is 0. The van der Waals surface area contributed by atoms with E-state index in [1.807, 2.05) is 0 Å². The van der Waals surface area contributed by atoms with Gasteiger partial charge in [0.05, 0.1) is 5.54 Å². The number of hydrogen-bond acceptors (Lipinski definition) is 2. The summed E-state index contributed by atoms with van der Waals surface area (Å²) in [7, 11) is 0. The minimum atomic E-state index is -0.516. The molecule has 1 saturated heterocycles. The van der Waals surface area contributed by atoms with Crippen LogP contribution in [0.15, 0.2) is 0 Å². The maximum Gasteiger partial charge on any atom is 0.242 e. The lowest BCUT2D eigenvalue weighted by Crippen LogP contribution is -2.60. The number of hydrogen-bond donors (Lipinski definition) is 1. The third-order valence-electron chi connectivity index (χ3n) is 5.35. The van der Waals surface area contributed by atoms with E-state index < -0.39 is 5.54 Å². The largest absolute Gasteiger partial charge is 0.338 e. The van der Waals surface area contributed by atoms with Gasteiger partial charge in [-0.15, -0.1) is 12.4 Å². The fourth-order valence-electron chi connectivity index (χ4n) is 4.75. The van der Waals surface area contributed by atoms with Gasteiger partial charge >= 0.3 is 0 Å². The molecule has 2 bridgehead atoms. The molecular formula is C15H27ClN2O. The first kappa shape index (κ1) is 15.1. The summed E-state index contributed by atoms with van der Waals surface area (Å²) in [5.74, 6) is 0.236. The fourth-order valence-corrected chi connectivity index (χ4v) is 4.75. The van der Waals surface area contributed by atoms with Crippen LogP contribution < -0.4 is 5.73 Å². The molecule has 2 unspecified atom stereocenters. The van der Waals surface area contributed by atoms with Crippen molar-refractivity contribution in [3.05, 3.63) is 0 Å². The minimum Gasteiger partial charge on any atom is -0.338 e. The topological polar surface area (TPSA) is 46.3 Å². The van der Waals surface area contributed by atoms with Crippen LogP contribution in [0.5, 0.6) is 0 Å². The number of amides is 1. The fraction of sp³-hybridized carbons (Fsp3) is 0.933. The number of carbonyl (C=O) groups is 1. The number of likely N-dealkylation sites (tertiary alicyclic amines) is 1. The van der Waals surface area contributed by atoms with Crippen LogP contribution in [0.25, 0.3) is 0 Å². The molecule has 2 N–H and O–H groups in total. The normalized spacial score (nSPS) is 38.3. The Hall–Kier alpha value is -0.280. The van der Waals surface area contributed by atoms with E-state index in [-0.39, 0.29) is 18.3 Å². The maximum absolute atomic E-state index is 12.6. The van der Waals surface area contributed by atoms with E-state index in [0.29, 0.717) is 16.9 Å². The van der Waals surface area contributed by atoms with Crippen LogP contribution in [0.4, 0.5) is 0 Å². The van der Waals surface area contributed by atoms with E-state index in [9.17, 15) is 4.79 Å². The average Bonchev–Trinajstić information content (AvgIpc) is 2.43. The van der Waals surface area contributed by atoms with Crippen LogP contribution in [0.1, 0.15) is 59.3 Å². The van der Waals surface area contributed by atoms with Gasteiger partial charge in [0.1, 0.15) is 0 Å². The third-order valence-corrected chi connectivity index (χ3v) is 5.35. The summed E-state index contributed by atoms with van der Waals surface area (Å²) in [6.07, 6.45) is 6.44. The second-order valence-electron chi connectivity index (χ2n) is 8.16. The van der Waals surface area contributed by atoms with E-state index >= 15 is 0 Å². The second kappa shape index (κ2) is 4.36. The molecule has 3 fully saturated rings. The summed E-state index contributed by atoms with van der Waals surface area (Å²) >= 11 is 0. The number of nitrogens with zero attached hydrogens (tertiary/aromatic N) is 1. The van der Waals surface area contributed by atoms with Crippen molar-refractivity contribution in [3.63, 3.8) is 0 Å². The first-order chi connectivity index (χ1) is 8.23. The van der Waals surface area contributed by atoms with Crippen molar-refractivity contribution in [1.29, 1.82) is 0 Å². The molecule has 0 radical (unpaired) electrons. The molecule has 2 atom stereocenters. The van der Waals surface area contributed by atoms with Gasteiger partial charge in [-0.3, -0.25) is 4.79 Å². The van der Waals surface area contributed by atoms with E-state index in [1.54, 1.807) is 0 Å². The maximum atomic E-state index is 12.6. The van der Waals surface area contributed by atoms with Gasteiger partial charge < -0.3 is 10.6 Å². The van der Waals surface area contributed by atoms with Crippen molar-refractivity contribution in [3.8, 4) is 0 Å². The number of halogens is 1. The molecule has 3 nitrogen and oxygen atoms in total. The summed E-state index contributed by atoms with van der Waals surface area (Å²) in [5.41, 5.74) is 6.40. The Morgan fingerprint density at radius 3 is 2.37 bits per heavy atom. The second-order valence-corrected chi connectivity index (χ2v) is 8.16. The summed E-state index contributed by atoms with van der Waals surface area (Å²) < 4.78 is 0. The van der Waals surface area contributed by atoms with Crippen molar-refractivity contribution < 1.29 is 4.79 Å². The summed E-state index contributed by atoms with van der Waals surface area (Å²) in [4.78, 5) is 14.8. The van der Waals surface area contributed by atoms with Crippen molar-refractivity contribution in [1.82, 2.24) is 4.90 Å². The van der Waals surface area contributed by atoms with Crippen molar-refractivity contribution in [2.24, 2.45) is 16.6 Å². The molecule has 4 heteroatoms. The lowest BCUT2D eigenvalue weighted by Gasteiger charge is -2.42. The van der Waals surface area contributed by atoms with E-state index in [0.717, 1.165) is 32.2 Å². The van der Waals surface area contributed by atoms with Gasteiger partial charge in [0, 0.05) is 12.6 Å². The van der Waals surface area contributed by atoms with Gasteiger partial charge in [0.2, 0.25) is 5.91 Å². The number of fused-ring (bicyclic) bond motifs is 2. The number of nitrogens with two attached hydrogens (primary N) is 1. The third kappa shape index (κ3) is 2.40. The van der Waals surface area contributed by atoms with E-state index in [2.05, 4.69) is 25.7 Å². The molecule has 0 aromatic heterocycles. The van der Waals surface area contributed by atoms with Crippen LogP contribution >= 0.6 is 12.4 Å². The zero-order chi connectivity index (χ0) is 13.2. The zero-order valence-corrected chi connectivity index (χ0v) is 13.2. The molecule has 1 amide bonds. The highest BCUT2D eigenvalue weighted by Gasteiger charge is 2.54. The number of carbonyl (C=O) groups excluding carboxylic acids is 1. The molecule has 0 spiro atoms. The van der Waals surface area contributed by atoms with Gasteiger partial charge in [-0.1, -0.05) is 20.8 Å². The average molecular weight is 287 g/mol.